The highest BCUT2D eigenvalue weighted by Crippen LogP contribution is 1.97. The summed E-state index contributed by atoms with van der Waals surface area (Å²) in [5, 5.41) is 0. The van der Waals surface area contributed by atoms with Gasteiger partial charge in [-0.15, -0.1) is 0 Å². The lowest BCUT2D eigenvalue weighted by molar-refractivity contribution is 0.0985. The van der Waals surface area contributed by atoms with E-state index in [1.54, 1.807) is 32.4 Å². The quantitative estimate of drug-likeness (QED) is 0.682. The lowest BCUT2D eigenvalue weighted by Gasteiger charge is -2.05. The molecule has 0 aromatic carbocycles. The molecule has 0 saturated carbocycles. The smallest absolute Gasteiger partial charge is 0.261 e. The molecule has 0 fully saturated rings. The molecular formula is C11H15NO3. The second kappa shape index (κ2) is 5.46. The van der Waals surface area contributed by atoms with Gasteiger partial charge in [0.2, 0.25) is 0 Å². The molecule has 0 aliphatic rings. The van der Waals surface area contributed by atoms with E-state index in [1.807, 2.05) is 0 Å². The maximum absolute atomic E-state index is 11.8. The van der Waals surface area contributed by atoms with E-state index in [0.29, 0.717) is 19.6 Å². The molecule has 1 heterocycles. The van der Waals surface area contributed by atoms with Crippen LogP contribution in [0.25, 0.3) is 0 Å². The van der Waals surface area contributed by atoms with E-state index >= 15 is 0 Å². The Hall–Kier alpha value is -1.42. The first kappa shape index (κ1) is 11.7. The van der Waals surface area contributed by atoms with E-state index in [-0.39, 0.29) is 16.9 Å². The Morgan fingerprint density at radius 2 is 2.27 bits per heavy atom. The van der Waals surface area contributed by atoms with Crippen molar-refractivity contribution in [2.75, 3.05) is 13.7 Å². The van der Waals surface area contributed by atoms with E-state index in [0.717, 1.165) is 0 Å². The number of hydrogen-bond donors (Lipinski definition) is 0. The van der Waals surface area contributed by atoms with Crippen LogP contribution in [0, 0.1) is 0 Å². The van der Waals surface area contributed by atoms with Crippen molar-refractivity contribution in [2.45, 2.75) is 19.9 Å². The van der Waals surface area contributed by atoms with Crippen LogP contribution in [-0.4, -0.2) is 24.1 Å². The molecule has 0 saturated heterocycles. The van der Waals surface area contributed by atoms with Gasteiger partial charge in [-0.1, -0.05) is 6.92 Å². The first-order valence-corrected chi connectivity index (χ1v) is 4.92. The van der Waals surface area contributed by atoms with Gasteiger partial charge in [0.25, 0.3) is 5.56 Å². The van der Waals surface area contributed by atoms with Crippen molar-refractivity contribution in [3.05, 3.63) is 34.2 Å². The second-order valence-corrected chi connectivity index (χ2v) is 3.19. The molecule has 0 unspecified atom stereocenters. The largest absolute Gasteiger partial charge is 0.383 e. The minimum absolute atomic E-state index is 0.119. The Kier molecular flexibility index (Phi) is 4.24. The average Bonchev–Trinajstić information content (AvgIpc) is 2.27. The van der Waals surface area contributed by atoms with E-state index in [9.17, 15) is 9.59 Å². The van der Waals surface area contributed by atoms with E-state index in [1.165, 1.54) is 4.57 Å². The van der Waals surface area contributed by atoms with Gasteiger partial charge in [-0.25, -0.2) is 0 Å². The summed E-state index contributed by atoms with van der Waals surface area (Å²) in [6.07, 6.45) is 2.01. The van der Waals surface area contributed by atoms with Gasteiger partial charge in [0.05, 0.1) is 12.2 Å². The zero-order chi connectivity index (χ0) is 11.3. The van der Waals surface area contributed by atoms with Gasteiger partial charge in [-0.2, -0.15) is 0 Å². The summed E-state index contributed by atoms with van der Waals surface area (Å²) in [7, 11) is 1.58. The first-order valence-electron chi connectivity index (χ1n) is 4.92. The number of hydrogen-bond acceptors (Lipinski definition) is 3. The molecule has 0 N–H and O–H groups in total. The van der Waals surface area contributed by atoms with E-state index < -0.39 is 0 Å². The molecule has 0 aliphatic carbocycles. The summed E-state index contributed by atoms with van der Waals surface area (Å²) in [4.78, 5) is 23.2. The molecule has 0 atom stereocenters. The molecule has 0 spiro atoms. The van der Waals surface area contributed by atoms with Crippen LogP contribution in [0.5, 0.6) is 0 Å². The van der Waals surface area contributed by atoms with Crippen LogP contribution in [0.4, 0.5) is 0 Å². The van der Waals surface area contributed by atoms with Crippen molar-refractivity contribution in [2.24, 2.45) is 0 Å². The van der Waals surface area contributed by atoms with Gasteiger partial charge in [-0.3, -0.25) is 9.59 Å². The van der Waals surface area contributed by atoms with Gasteiger partial charge in [-0.05, 0) is 12.1 Å². The molecule has 0 radical (unpaired) electrons. The number of ketones is 1. The Balaban J connectivity index is 3.01. The van der Waals surface area contributed by atoms with Crippen molar-refractivity contribution < 1.29 is 9.53 Å². The fourth-order valence-corrected chi connectivity index (χ4v) is 1.31. The average molecular weight is 209 g/mol. The summed E-state index contributed by atoms with van der Waals surface area (Å²) in [5.41, 5.74) is 0.0255. The summed E-state index contributed by atoms with van der Waals surface area (Å²) in [6, 6.07) is 3.28. The van der Waals surface area contributed by atoms with Gasteiger partial charge in [0.1, 0.15) is 0 Å². The van der Waals surface area contributed by atoms with Gasteiger partial charge in [0.15, 0.2) is 5.78 Å². The zero-order valence-corrected chi connectivity index (χ0v) is 9.03. The van der Waals surface area contributed by atoms with E-state index in [2.05, 4.69) is 0 Å². The standard InChI is InChI=1S/C11H15NO3/c1-3-10(13)9-5-4-6-12(11(9)14)7-8-15-2/h4-6H,3,7-8H2,1-2H3. The van der Waals surface area contributed by atoms with Crippen molar-refractivity contribution in [3.8, 4) is 0 Å². The van der Waals surface area contributed by atoms with Crippen molar-refractivity contribution in [3.63, 3.8) is 0 Å². The lowest BCUT2D eigenvalue weighted by atomic mass is 10.1. The third-order valence-corrected chi connectivity index (χ3v) is 2.18. The molecule has 1 aromatic heterocycles. The molecule has 4 nitrogen and oxygen atoms in total. The number of ether oxygens (including phenoxy) is 1. The lowest BCUT2D eigenvalue weighted by Crippen LogP contribution is -2.26. The van der Waals surface area contributed by atoms with Crippen LogP contribution in [0.1, 0.15) is 23.7 Å². The number of Topliss-reactive ketones (excluding diaryl/α,β-unsaturated/α-hetero) is 1. The second-order valence-electron chi connectivity index (χ2n) is 3.19. The first-order chi connectivity index (χ1) is 7.20. The number of methoxy groups -OCH3 is 1. The third-order valence-electron chi connectivity index (χ3n) is 2.18. The van der Waals surface area contributed by atoms with Crippen LogP contribution < -0.4 is 5.56 Å². The molecule has 82 valence electrons. The molecule has 4 heteroatoms. The van der Waals surface area contributed by atoms with Crippen LogP contribution in [0.2, 0.25) is 0 Å². The molecule has 0 amide bonds. The molecule has 1 rings (SSSR count). The number of carbonyl (C=O) groups is 1. The highest BCUT2D eigenvalue weighted by Gasteiger charge is 2.09. The number of carbonyl (C=O) groups excluding carboxylic acids is 1. The fourth-order valence-electron chi connectivity index (χ4n) is 1.31. The fraction of sp³-hybridized carbons (Fsp3) is 0.455. The number of aromatic nitrogens is 1. The third kappa shape index (κ3) is 2.76. The minimum atomic E-state index is -0.235. The Labute approximate surface area is 88.5 Å². The van der Waals surface area contributed by atoms with Crippen molar-refractivity contribution in [1.29, 1.82) is 0 Å². The summed E-state index contributed by atoms with van der Waals surface area (Å²) >= 11 is 0. The van der Waals surface area contributed by atoms with Crippen LogP contribution >= 0.6 is 0 Å². The van der Waals surface area contributed by atoms with Gasteiger partial charge >= 0.3 is 0 Å². The predicted octanol–water partition coefficient (Wildman–Crippen LogP) is 1.09. The summed E-state index contributed by atoms with van der Waals surface area (Å²) in [5.74, 6) is -0.119. The zero-order valence-electron chi connectivity index (χ0n) is 9.03. The van der Waals surface area contributed by atoms with Crippen molar-refractivity contribution in [1.82, 2.24) is 4.57 Å². The van der Waals surface area contributed by atoms with Crippen LogP contribution in [0.3, 0.4) is 0 Å². The maximum Gasteiger partial charge on any atom is 0.261 e. The molecular weight excluding hydrogens is 194 g/mol. The Morgan fingerprint density at radius 3 is 2.87 bits per heavy atom. The van der Waals surface area contributed by atoms with Crippen LogP contribution in [0.15, 0.2) is 23.1 Å². The Bertz CT molecular complexity index is 395. The topological polar surface area (TPSA) is 48.3 Å². The Morgan fingerprint density at radius 1 is 1.53 bits per heavy atom. The highest BCUT2D eigenvalue weighted by atomic mass is 16.5. The van der Waals surface area contributed by atoms with Gasteiger partial charge < -0.3 is 9.30 Å². The molecule has 0 bridgehead atoms. The number of pyridine rings is 1. The molecule has 1 aromatic rings. The van der Waals surface area contributed by atoms with Gasteiger partial charge in [0, 0.05) is 26.3 Å². The maximum atomic E-state index is 11.8. The normalized spacial score (nSPS) is 10.3. The van der Waals surface area contributed by atoms with Crippen LogP contribution in [-0.2, 0) is 11.3 Å². The van der Waals surface area contributed by atoms with E-state index in [4.69, 9.17) is 4.74 Å². The SMILES string of the molecule is CCC(=O)c1cccn(CCOC)c1=O. The molecule has 0 aliphatic heterocycles. The number of nitrogens with zero attached hydrogens (tertiary/aromatic N) is 1. The highest BCUT2D eigenvalue weighted by molar-refractivity contribution is 5.95. The number of rotatable bonds is 5. The monoisotopic (exact) mass is 209 g/mol. The molecule has 15 heavy (non-hydrogen) atoms. The van der Waals surface area contributed by atoms with Crippen molar-refractivity contribution >= 4 is 5.78 Å². The summed E-state index contributed by atoms with van der Waals surface area (Å²) in [6.45, 7) is 2.68. The predicted molar refractivity (Wildman–Crippen MR) is 57.2 cm³/mol. The minimum Gasteiger partial charge on any atom is -0.383 e. The summed E-state index contributed by atoms with van der Waals surface area (Å²) < 4.78 is 6.38.